The van der Waals surface area contributed by atoms with E-state index in [0.717, 1.165) is 43.4 Å². The van der Waals surface area contributed by atoms with Gasteiger partial charge < -0.3 is 9.80 Å². The highest BCUT2D eigenvalue weighted by molar-refractivity contribution is 7.09. The Kier molecular flexibility index (Phi) is 7.17. The number of carbonyl (C=O) groups is 1. The minimum atomic E-state index is 0.192. The van der Waals surface area contributed by atoms with Gasteiger partial charge in [0.15, 0.2) is 0 Å². The lowest BCUT2D eigenvalue weighted by molar-refractivity contribution is -0.134. The molecule has 2 aromatic rings. The molecule has 0 bridgehead atoms. The minimum absolute atomic E-state index is 0.192. The highest BCUT2D eigenvalue weighted by atomic mass is 32.1. The molecule has 0 saturated carbocycles. The zero-order valence-electron chi connectivity index (χ0n) is 19.3. The van der Waals surface area contributed by atoms with Gasteiger partial charge in [-0.05, 0) is 37.2 Å². The summed E-state index contributed by atoms with van der Waals surface area (Å²) in [6.45, 7) is 15.6. The van der Waals surface area contributed by atoms with Crippen LogP contribution in [-0.2, 0) is 11.2 Å². The smallest absolute Gasteiger partial charge is 0.223 e. The normalized spacial score (nSPS) is 18.5. The number of aryl methyl sites for hydroxylation is 1. The quantitative estimate of drug-likeness (QED) is 0.654. The average Bonchev–Trinajstić information content (AvgIpc) is 3.10. The topological polar surface area (TPSA) is 49.3 Å². The zero-order valence-corrected chi connectivity index (χ0v) is 20.1. The standard InChI is InChI=1S/C24H36N4OS/c1-17-7-9-20(10-8-17)14-21-25-23(30-26-21)27-11-12-28(19(3)16-27)22(29)13-18(2)15-24(4,5)6/h7-10,18-19H,11-16H2,1-6H3. The molecule has 1 aromatic carbocycles. The summed E-state index contributed by atoms with van der Waals surface area (Å²) in [4.78, 5) is 22.0. The summed E-state index contributed by atoms with van der Waals surface area (Å²) >= 11 is 1.47. The van der Waals surface area contributed by atoms with Crippen molar-refractivity contribution in [1.82, 2.24) is 14.3 Å². The highest BCUT2D eigenvalue weighted by Crippen LogP contribution is 2.28. The lowest BCUT2D eigenvalue weighted by atomic mass is 9.84. The Hall–Kier alpha value is -1.95. The molecule has 0 N–H and O–H groups in total. The van der Waals surface area contributed by atoms with E-state index in [9.17, 15) is 4.79 Å². The van der Waals surface area contributed by atoms with Crippen LogP contribution in [0.4, 0.5) is 5.13 Å². The molecule has 2 unspecified atom stereocenters. The maximum atomic E-state index is 12.9. The molecule has 0 radical (unpaired) electrons. The zero-order chi connectivity index (χ0) is 21.9. The van der Waals surface area contributed by atoms with Crippen molar-refractivity contribution in [3.8, 4) is 0 Å². The fourth-order valence-electron chi connectivity index (χ4n) is 4.37. The third-order valence-electron chi connectivity index (χ3n) is 5.64. The van der Waals surface area contributed by atoms with E-state index in [1.165, 1.54) is 22.7 Å². The molecule has 0 aliphatic carbocycles. The Labute approximate surface area is 185 Å². The van der Waals surface area contributed by atoms with E-state index in [1.807, 2.05) is 0 Å². The van der Waals surface area contributed by atoms with E-state index in [2.05, 4.69) is 80.0 Å². The predicted octanol–water partition coefficient (Wildman–Crippen LogP) is 4.94. The molecule has 3 rings (SSSR count). The number of anilines is 1. The number of carbonyl (C=O) groups excluding carboxylic acids is 1. The first-order valence-electron chi connectivity index (χ1n) is 11.0. The van der Waals surface area contributed by atoms with Crippen molar-refractivity contribution in [2.75, 3.05) is 24.5 Å². The molecule has 5 nitrogen and oxygen atoms in total. The van der Waals surface area contributed by atoms with Gasteiger partial charge in [0.2, 0.25) is 11.0 Å². The van der Waals surface area contributed by atoms with Gasteiger partial charge in [0.1, 0.15) is 5.82 Å². The maximum absolute atomic E-state index is 12.9. The molecule has 1 saturated heterocycles. The second-order valence-electron chi connectivity index (χ2n) is 10.1. The summed E-state index contributed by atoms with van der Waals surface area (Å²) < 4.78 is 4.57. The Morgan fingerprint density at radius 3 is 2.57 bits per heavy atom. The molecule has 1 fully saturated rings. The number of nitrogens with zero attached hydrogens (tertiary/aromatic N) is 4. The van der Waals surface area contributed by atoms with Crippen LogP contribution >= 0.6 is 11.5 Å². The summed E-state index contributed by atoms with van der Waals surface area (Å²) in [6, 6.07) is 8.73. The summed E-state index contributed by atoms with van der Waals surface area (Å²) in [5, 5.41) is 0.970. The molecule has 1 amide bonds. The summed E-state index contributed by atoms with van der Waals surface area (Å²) in [6.07, 6.45) is 2.47. The summed E-state index contributed by atoms with van der Waals surface area (Å²) in [5.41, 5.74) is 2.76. The number of benzene rings is 1. The molecule has 1 aliphatic rings. The molecule has 1 aliphatic heterocycles. The predicted molar refractivity (Wildman–Crippen MR) is 125 cm³/mol. The van der Waals surface area contributed by atoms with E-state index in [4.69, 9.17) is 4.98 Å². The van der Waals surface area contributed by atoms with Crippen LogP contribution < -0.4 is 4.90 Å². The molecule has 6 heteroatoms. The molecule has 30 heavy (non-hydrogen) atoms. The first-order valence-corrected chi connectivity index (χ1v) is 11.8. The van der Waals surface area contributed by atoms with Crippen molar-refractivity contribution in [1.29, 1.82) is 0 Å². The first-order chi connectivity index (χ1) is 14.1. The fourth-order valence-corrected chi connectivity index (χ4v) is 5.09. The molecule has 1 aromatic heterocycles. The largest absolute Gasteiger partial charge is 0.343 e. The van der Waals surface area contributed by atoms with Crippen LogP contribution in [0.15, 0.2) is 24.3 Å². The highest BCUT2D eigenvalue weighted by Gasteiger charge is 2.30. The van der Waals surface area contributed by atoms with E-state index in [1.54, 1.807) is 0 Å². The fraction of sp³-hybridized carbons (Fsp3) is 0.625. The SMILES string of the molecule is Cc1ccc(Cc2nsc(N3CCN(C(=O)CC(C)CC(C)(C)C)C(C)C3)n2)cc1. The summed E-state index contributed by atoms with van der Waals surface area (Å²) in [7, 11) is 0. The van der Waals surface area contributed by atoms with Crippen molar-refractivity contribution in [2.45, 2.75) is 66.8 Å². The molecule has 0 spiro atoms. The molecule has 2 atom stereocenters. The average molecular weight is 429 g/mol. The number of rotatable bonds is 6. The second-order valence-corrected chi connectivity index (χ2v) is 10.8. The molecule has 2 heterocycles. The number of aromatic nitrogens is 2. The van der Waals surface area contributed by atoms with Gasteiger partial charge in [-0.2, -0.15) is 4.37 Å². The summed E-state index contributed by atoms with van der Waals surface area (Å²) in [5.74, 6) is 1.58. The van der Waals surface area contributed by atoms with Gasteiger partial charge in [0.05, 0.1) is 0 Å². The number of hydrogen-bond acceptors (Lipinski definition) is 5. The van der Waals surface area contributed by atoms with Crippen molar-refractivity contribution in [3.05, 3.63) is 41.2 Å². The van der Waals surface area contributed by atoms with Crippen LogP contribution in [0.25, 0.3) is 0 Å². The second kappa shape index (κ2) is 9.46. The lowest BCUT2D eigenvalue weighted by Crippen LogP contribution is -2.54. The Balaban J connectivity index is 1.54. The van der Waals surface area contributed by atoms with Gasteiger partial charge in [-0.15, -0.1) is 0 Å². The minimum Gasteiger partial charge on any atom is -0.343 e. The van der Waals surface area contributed by atoms with Crippen LogP contribution in [-0.4, -0.2) is 45.8 Å². The van der Waals surface area contributed by atoms with Gasteiger partial charge in [0, 0.05) is 50.1 Å². The number of hydrogen-bond donors (Lipinski definition) is 0. The third kappa shape index (κ3) is 6.27. The van der Waals surface area contributed by atoms with Crippen LogP contribution in [0.2, 0.25) is 0 Å². The molecular weight excluding hydrogens is 392 g/mol. The third-order valence-corrected chi connectivity index (χ3v) is 6.46. The Bertz CT molecular complexity index is 840. The van der Waals surface area contributed by atoms with Gasteiger partial charge in [0.25, 0.3) is 0 Å². The van der Waals surface area contributed by atoms with Crippen LogP contribution in [0.3, 0.4) is 0 Å². The monoisotopic (exact) mass is 428 g/mol. The van der Waals surface area contributed by atoms with Crippen molar-refractivity contribution >= 4 is 22.6 Å². The van der Waals surface area contributed by atoms with E-state index in [-0.39, 0.29) is 17.4 Å². The first kappa shape index (κ1) is 22.7. The van der Waals surface area contributed by atoms with Crippen LogP contribution in [0.1, 0.15) is 64.4 Å². The van der Waals surface area contributed by atoms with Crippen molar-refractivity contribution < 1.29 is 4.79 Å². The molecular formula is C24H36N4OS. The lowest BCUT2D eigenvalue weighted by Gasteiger charge is -2.40. The van der Waals surface area contributed by atoms with Crippen LogP contribution in [0, 0.1) is 18.3 Å². The van der Waals surface area contributed by atoms with Gasteiger partial charge >= 0.3 is 0 Å². The van der Waals surface area contributed by atoms with Gasteiger partial charge in [-0.25, -0.2) is 4.98 Å². The number of piperazine rings is 1. The Morgan fingerprint density at radius 1 is 1.23 bits per heavy atom. The maximum Gasteiger partial charge on any atom is 0.223 e. The van der Waals surface area contributed by atoms with Crippen molar-refractivity contribution in [2.24, 2.45) is 11.3 Å². The van der Waals surface area contributed by atoms with Gasteiger partial charge in [-0.3, -0.25) is 4.79 Å². The van der Waals surface area contributed by atoms with Gasteiger partial charge in [-0.1, -0.05) is 57.5 Å². The van der Waals surface area contributed by atoms with E-state index >= 15 is 0 Å². The Morgan fingerprint density at radius 2 is 1.93 bits per heavy atom. The molecule has 164 valence electrons. The number of amides is 1. The van der Waals surface area contributed by atoms with Crippen LogP contribution in [0.5, 0.6) is 0 Å². The van der Waals surface area contributed by atoms with E-state index < -0.39 is 0 Å². The van der Waals surface area contributed by atoms with Crippen molar-refractivity contribution in [3.63, 3.8) is 0 Å². The van der Waals surface area contributed by atoms with E-state index in [0.29, 0.717) is 12.3 Å².